The van der Waals surface area contributed by atoms with Gasteiger partial charge in [-0.3, -0.25) is 9.59 Å². The third-order valence-corrected chi connectivity index (χ3v) is 3.21. The minimum absolute atomic E-state index is 0.0802. The highest BCUT2D eigenvalue weighted by Crippen LogP contribution is 2.14. The summed E-state index contributed by atoms with van der Waals surface area (Å²) in [5.41, 5.74) is 0.644. The maximum absolute atomic E-state index is 11.8. The third kappa shape index (κ3) is 4.22. The van der Waals surface area contributed by atoms with Crippen LogP contribution in [0.2, 0.25) is 0 Å². The first-order chi connectivity index (χ1) is 10.6. The van der Waals surface area contributed by atoms with Crippen LogP contribution >= 0.6 is 0 Å². The number of Topliss-reactive ketones (excluding diaryl/α,β-unsaturated/α-hetero) is 1. The van der Waals surface area contributed by atoms with Crippen LogP contribution in [-0.4, -0.2) is 18.3 Å². The molecule has 0 saturated carbocycles. The number of benzene rings is 1. The summed E-state index contributed by atoms with van der Waals surface area (Å²) in [5.74, 6) is 1.08. The van der Waals surface area contributed by atoms with Crippen LogP contribution < -0.4 is 10.1 Å². The van der Waals surface area contributed by atoms with Crippen molar-refractivity contribution in [1.29, 1.82) is 0 Å². The van der Waals surface area contributed by atoms with Crippen molar-refractivity contribution in [3.8, 4) is 5.75 Å². The lowest BCUT2D eigenvalue weighted by molar-refractivity contribution is -0.123. The van der Waals surface area contributed by atoms with E-state index < -0.39 is 0 Å². The second-order valence-corrected chi connectivity index (χ2v) is 4.89. The van der Waals surface area contributed by atoms with Gasteiger partial charge in [0, 0.05) is 12.0 Å². The molecular formula is C17H19NO4. The Hall–Kier alpha value is -2.56. The van der Waals surface area contributed by atoms with Crippen LogP contribution in [0.1, 0.15) is 42.4 Å². The molecule has 2 aromatic rings. The van der Waals surface area contributed by atoms with Gasteiger partial charge in [-0.25, -0.2) is 0 Å². The fourth-order valence-corrected chi connectivity index (χ4v) is 1.98. The zero-order valence-corrected chi connectivity index (χ0v) is 12.7. The van der Waals surface area contributed by atoms with Crippen molar-refractivity contribution in [2.75, 3.05) is 6.61 Å². The van der Waals surface area contributed by atoms with Gasteiger partial charge < -0.3 is 14.5 Å². The highest BCUT2D eigenvalue weighted by atomic mass is 16.5. The topological polar surface area (TPSA) is 68.5 Å². The van der Waals surface area contributed by atoms with Gasteiger partial charge in [0.2, 0.25) is 0 Å². The summed E-state index contributed by atoms with van der Waals surface area (Å²) in [4.78, 5) is 23.3. The van der Waals surface area contributed by atoms with Gasteiger partial charge in [-0.05, 0) is 43.3 Å². The monoisotopic (exact) mass is 301 g/mol. The summed E-state index contributed by atoms with van der Waals surface area (Å²) in [7, 11) is 0. The SMILES string of the molecule is CCC(=O)c1ccc(OCC(=O)N[C@H](C)c2ccco2)cc1. The highest BCUT2D eigenvalue weighted by Gasteiger charge is 2.12. The van der Waals surface area contributed by atoms with Crippen LogP contribution in [0.3, 0.4) is 0 Å². The normalized spacial score (nSPS) is 11.7. The standard InChI is InChI=1S/C17H19NO4/c1-3-15(19)13-6-8-14(9-7-13)22-11-17(20)18-12(2)16-5-4-10-21-16/h4-10,12H,3,11H2,1-2H3,(H,18,20)/t12-/m1/s1. The van der Waals surface area contributed by atoms with E-state index in [1.165, 1.54) is 0 Å². The molecule has 0 bridgehead atoms. The number of rotatable bonds is 7. The first kappa shape index (κ1) is 15.8. The molecule has 0 aliphatic heterocycles. The molecule has 0 fully saturated rings. The van der Waals surface area contributed by atoms with E-state index in [2.05, 4.69) is 5.32 Å². The summed E-state index contributed by atoms with van der Waals surface area (Å²) in [6.07, 6.45) is 2.03. The Morgan fingerprint density at radius 2 is 1.95 bits per heavy atom. The Labute approximate surface area is 129 Å². The smallest absolute Gasteiger partial charge is 0.258 e. The molecule has 0 aliphatic carbocycles. The second kappa shape index (κ2) is 7.45. The number of carbonyl (C=O) groups excluding carboxylic acids is 2. The van der Waals surface area contributed by atoms with Gasteiger partial charge in [-0.2, -0.15) is 0 Å². The molecule has 0 unspecified atom stereocenters. The number of hydrogen-bond acceptors (Lipinski definition) is 4. The molecule has 5 heteroatoms. The van der Waals surface area contributed by atoms with Gasteiger partial charge >= 0.3 is 0 Å². The fraction of sp³-hybridized carbons (Fsp3) is 0.294. The van der Waals surface area contributed by atoms with Crippen molar-refractivity contribution in [3.63, 3.8) is 0 Å². The van der Waals surface area contributed by atoms with Gasteiger partial charge in [-0.15, -0.1) is 0 Å². The van der Waals surface area contributed by atoms with Gasteiger partial charge in [0.1, 0.15) is 11.5 Å². The predicted molar refractivity (Wildman–Crippen MR) is 81.8 cm³/mol. The Morgan fingerprint density at radius 3 is 2.55 bits per heavy atom. The van der Waals surface area contributed by atoms with Crippen LogP contribution in [0.25, 0.3) is 0 Å². The van der Waals surface area contributed by atoms with E-state index in [1.54, 1.807) is 42.7 Å². The summed E-state index contributed by atoms with van der Waals surface area (Å²) < 4.78 is 10.6. The van der Waals surface area contributed by atoms with E-state index in [1.807, 2.05) is 13.8 Å². The van der Waals surface area contributed by atoms with Gasteiger partial charge in [0.15, 0.2) is 12.4 Å². The average molecular weight is 301 g/mol. The lowest BCUT2D eigenvalue weighted by atomic mass is 10.1. The molecule has 1 heterocycles. The molecule has 22 heavy (non-hydrogen) atoms. The number of hydrogen-bond donors (Lipinski definition) is 1. The quantitative estimate of drug-likeness (QED) is 0.798. The van der Waals surface area contributed by atoms with Crippen LogP contribution in [0.4, 0.5) is 0 Å². The van der Waals surface area contributed by atoms with Gasteiger partial charge in [-0.1, -0.05) is 6.92 Å². The number of nitrogens with one attached hydrogen (secondary N) is 1. The minimum atomic E-state index is -0.238. The van der Waals surface area contributed by atoms with Crippen molar-refractivity contribution in [3.05, 3.63) is 54.0 Å². The average Bonchev–Trinajstić information content (AvgIpc) is 3.07. The summed E-state index contributed by atoms with van der Waals surface area (Å²) in [5, 5.41) is 2.78. The molecule has 116 valence electrons. The van der Waals surface area contributed by atoms with E-state index >= 15 is 0 Å². The molecule has 0 radical (unpaired) electrons. The largest absolute Gasteiger partial charge is 0.484 e. The van der Waals surface area contributed by atoms with E-state index in [0.717, 1.165) is 0 Å². The lowest BCUT2D eigenvalue weighted by Gasteiger charge is -2.12. The van der Waals surface area contributed by atoms with Crippen molar-refractivity contribution < 1.29 is 18.7 Å². The zero-order chi connectivity index (χ0) is 15.9. The van der Waals surface area contributed by atoms with Crippen molar-refractivity contribution >= 4 is 11.7 Å². The predicted octanol–water partition coefficient (Wildman–Crippen LogP) is 3.13. The minimum Gasteiger partial charge on any atom is -0.484 e. The lowest BCUT2D eigenvalue weighted by Crippen LogP contribution is -2.31. The molecule has 0 aliphatic rings. The molecule has 1 aromatic heterocycles. The van der Waals surface area contributed by atoms with E-state index in [9.17, 15) is 9.59 Å². The second-order valence-electron chi connectivity index (χ2n) is 4.89. The molecule has 0 saturated heterocycles. The number of amides is 1. The van der Waals surface area contributed by atoms with Crippen LogP contribution in [0.5, 0.6) is 5.75 Å². The number of ether oxygens (including phenoxy) is 1. The first-order valence-corrected chi connectivity index (χ1v) is 7.19. The Kier molecular flexibility index (Phi) is 5.36. The number of furan rings is 1. The fourth-order valence-electron chi connectivity index (χ4n) is 1.98. The van der Waals surface area contributed by atoms with Crippen molar-refractivity contribution in [2.45, 2.75) is 26.3 Å². The molecule has 1 atom stereocenters. The zero-order valence-electron chi connectivity index (χ0n) is 12.7. The Morgan fingerprint density at radius 1 is 1.23 bits per heavy atom. The maximum Gasteiger partial charge on any atom is 0.258 e. The van der Waals surface area contributed by atoms with E-state index in [-0.39, 0.29) is 24.3 Å². The van der Waals surface area contributed by atoms with E-state index in [4.69, 9.17) is 9.15 Å². The number of carbonyl (C=O) groups is 2. The number of ketones is 1. The summed E-state index contributed by atoms with van der Waals surface area (Å²) in [6, 6.07) is 10.1. The molecular weight excluding hydrogens is 282 g/mol. The van der Waals surface area contributed by atoms with Gasteiger partial charge in [0.05, 0.1) is 12.3 Å². The van der Waals surface area contributed by atoms with Crippen molar-refractivity contribution in [2.24, 2.45) is 0 Å². The Balaban J connectivity index is 1.82. The highest BCUT2D eigenvalue weighted by molar-refractivity contribution is 5.95. The molecule has 0 spiro atoms. The maximum atomic E-state index is 11.8. The molecule has 5 nitrogen and oxygen atoms in total. The molecule has 1 amide bonds. The van der Waals surface area contributed by atoms with E-state index in [0.29, 0.717) is 23.5 Å². The van der Waals surface area contributed by atoms with Gasteiger partial charge in [0.25, 0.3) is 5.91 Å². The summed E-state index contributed by atoms with van der Waals surface area (Å²) >= 11 is 0. The van der Waals surface area contributed by atoms with Crippen LogP contribution in [0, 0.1) is 0 Å². The molecule has 1 aromatic carbocycles. The third-order valence-electron chi connectivity index (χ3n) is 3.21. The molecule has 2 rings (SSSR count). The Bertz CT molecular complexity index is 617. The first-order valence-electron chi connectivity index (χ1n) is 7.19. The van der Waals surface area contributed by atoms with Crippen LogP contribution in [0.15, 0.2) is 47.1 Å². The molecule has 1 N–H and O–H groups in total. The summed E-state index contributed by atoms with van der Waals surface area (Å²) in [6.45, 7) is 3.56. The van der Waals surface area contributed by atoms with Crippen LogP contribution in [-0.2, 0) is 4.79 Å². The van der Waals surface area contributed by atoms with Crippen molar-refractivity contribution in [1.82, 2.24) is 5.32 Å².